The first-order chi connectivity index (χ1) is 11.5. The molecule has 6 heteroatoms. The molecule has 0 bridgehead atoms. The van der Waals surface area contributed by atoms with Crippen molar-refractivity contribution in [3.8, 4) is 11.5 Å². The number of hydrogen-bond donors (Lipinski definition) is 1. The van der Waals surface area contributed by atoms with Gasteiger partial charge in [-0.1, -0.05) is 29.8 Å². The molecule has 2 rings (SSSR count). The first-order valence-electron chi connectivity index (χ1n) is 7.31. The van der Waals surface area contributed by atoms with E-state index >= 15 is 0 Å². The normalized spacial score (nSPS) is 10.8. The molecule has 0 fully saturated rings. The maximum Gasteiger partial charge on any atom is 0.241 e. The lowest BCUT2D eigenvalue weighted by Gasteiger charge is -2.15. The van der Waals surface area contributed by atoms with Gasteiger partial charge in [-0.25, -0.2) is 4.39 Å². The molecule has 24 heavy (non-hydrogen) atoms. The van der Waals surface area contributed by atoms with Crippen molar-refractivity contribution in [1.82, 2.24) is 0 Å². The Balaban J connectivity index is 2.27. The Kier molecular flexibility index (Phi) is 6.21. The van der Waals surface area contributed by atoms with E-state index in [1.54, 1.807) is 30.3 Å². The highest BCUT2D eigenvalue weighted by atomic mass is 35.5. The summed E-state index contributed by atoms with van der Waals surface area (Å²) < 4.78 is 24.9. The third-order valence-corrected chi connectivity index (χ3v) is 3.38. The molecular formula is C18H17ClFNO3. The quantitative estimate of drug-likeness (QED) is 0.770. The minimum atomic E-state index is -0.566. The predicted octanol–water partition coefficient (Wildman–Crippen LogP) is 3.96. The molecule has 0 aromatic heterocycles. The molecule has 0 spiro atoms. The van der Waals surface area contributed by atoms with E-state index in [2.05, 4.69) is 0 Å². The molecular weight excluding hydrogens is 333 g/mol. The van der Waals surface area contributed by atoms with E-state index < -0.39 is 5.91 Å². The lowest BCUT2D eigenvalue weighted by molar-refractivity contribution is -0.113. The third-order valence-electron chi connectivity index (χ3n) is 3.10. The summed E-state index contributed by atoms with van der Waals surface area (Å²) in [5.74, 6) is -0.194. The van der Waals surface area contributed by atoms with Crippen LogP contribution in [0.1, 0.15) is 18.1 Å². The van der Waals surface area contributed by atoms with Gasteiger partial charge in [-0.3, -0.25) is 4.79 Å². The van der Waals surface area contributed by atoms with Gasteiger partial charge in [0.15, 0.2) is 11.5 Å². The van der Waals surface area contributed by atoms with Crippen LogP contribution in [-0.4, -0.2) is 12.5 Å². The molecule has 0 atom stereocenters. The van der Waals surface area contributed by atoms with Crippen LogP contribution in [0.2, 0.25) is 5.02 Å². The summed E-state index contributed by atoms with van der Waals surface area (Å²) >= 11 is 6.24. The highest BCUT2D eigenvalue weighted by molar-refractivity contribution is 6.32. The first-order valence-corrected chi connectivity index (χ1v) is 7.69. The Morgan fingerprint density at radius 1 is 1.29 bits per heavy atom. The van der Waals surface area contributed by atoms with E-state index in [1.807, 2.05) is 6.92 Å². The fourth-order valence-electron chi connectivity index (χ4n) is 2.03. The van der Waals surface area contributed by atoms with Crippen LogP contribution < -0.4 is 15.2 Å². The standard InChI is InChI=1S/C18H17ClFNO3/c1-2-23-16-10-12(7-8-17(21)22)9-14(19)18(16)24-11-13-5-3-4-6-15(13)20/h3-10H,2,11H2,1H3,(H2,21,22). The van der Waals surface area contributed by atoms with E-state index in [0.29, 0.717) is 34.3 Å². The highest BCUT2D eigenvalue weighted by Gasteiger charge is 2.13. The Morgan fingerprint density at radius 2 is 2.04 bits per heavy atom. The van der Waals surface area contributed by atoms with E-state index in [4.69, 9.17) is 26.8 Å². The summed E-state index contributed by atoms with van der Waals surface area (Å²) in [7, 11) is 0. The van der Waals surface area contributed by atoms with Gasteiger partial charge in [-0.2, -0.15) is 0 Å². The number of nitrogens with two attached hydrogens (primary N) is 1. The number of rotatable bonds is 7. The summed E-state index contributed by atoms with van der Waals surface area (Å²) in [6.07, 6.45) is 2.75. The lowest BCUT2D eigenvalue weighted by Crippen LogP contribution is -2.05. The molecule has 0 radical (unpaired) electrons. The Bertz CT molecular complexity index is 762. The lowest BCUT2D eigenvalue weighted by atomic mass is 10.1. The molecule has 2 N–H and O–H groups in total. The molecule has 126 valence electrons. The summed E-state index contributed by atoms with van der Waals surface area (Å²) in [5, 5.41) is 0.293. The Hall–Kier alpha value is -2.53. The van der Waals surface area contributed by atoms with Gasteiger partial charge in [-0.05, 0) is 36.8 Å². The SMILES string of the molecule is CCOc1cc(C=CC(N)=O)cc(Cl)c1OCc1ccccc1F. The second kappa shape index (κ2) is 8.36. The van der Waals surface area contributed by atoms with Crippen LogP contribution in [0.15, 0.2) is 42.5 Å². The number of ether oxygens (including phenoxy) is 2. The zero-order chi connectivity index (χ0) is 17.5. The summed E-state index contributed by atoms with van der Waals surface area (Å²) in [6.45, 7) is 2.23. The zero-order valence-corrected chi connectivity index (χ0v) is 13.8. The number of hydrogen-bond acceptors (Lipinski definition) is 3. The molecule has 0 heterocycles. The number of amides is 1. The van der Waals surface area contributed by atoms with Crippen LogP contribution >= 0.6 is 11.6 Å². The summed E-state index contributed by atoms with van der Waals surface area (Å²) in [5.41, 5.74) is 6.13. The average molecular weight is 350 g/mol. The minimum Gasteiger partial charge on any atom is -0.490 e. The molecule has 0 aliphatic heterocycles. The van der Waals surface area contributed by atoms with Crippen molar-refractivity contribution in [2.24, 2.45) is 5.73 Å². The first kappa shape index (κ1) is 17.8. The van der Waals surface area contributed by atoms with Gasteiger partial charge < -0.3 is 15.2 Å². The van der Waals surface area contributed by atoms with E-state index in [1.165, 1.54) is 18.2 Å². The molecule has 4 nitrogen and oxygen atoms in total. The second-order valence-corrected chi connectivity index (χ2v) is 5.29. The van der Waals surface area contributed by atoms with Crippen LogP contribution in [0.4, 0.5) is 4.39 Å². The van der Waals surface area contributed by atoms with Crippen molar-refractivity contribution in [1.29, 1.82) is 0 Å². The van der Waals surface area contributed by atoms with Gasteiger partial charge in [0, 0.05) is 11.6 Å². The van der Waals surface area contributed by atoms with E-state index in [0.717, 1.165) is 0 Å². The summed E-state index contributed by atoms with van der Waals surface area (Å²) in [6, 6.07) is 9.61. The maximum absolute atomic E-state index is 13.7. The fourth-order valence-corrected chi connectivity index (χ4v) is 2.30. The second-order valence-electron chi connectivity index (χ2n) is 4.88. The van der Waals surface area contributed by atoms with Gasteiger partial charge in [0.2, 0.25) is 5.91 Å². The van der Waals surface area contributed by atoms with Gasteiger partial charge in [0.05, 0.1) is 11.6 Å². The van der Waals surface area contributed by atoms with Crippen molar-refractivity contribution in [3.05, 3.63) is 64.4 Å². The third kappa shape index (κ3) is 4.73. The smallest absolute Gasteiger partial charge is 0.241 e. The molecule has 0 unspecified atom stereocenters. The van der Waals surface area contributed by atoms with Gasteiger partial charge >= 0.3 is 0 Å². The predicted molar refractivity (Wildman–Crippen MR) is 91.6 cm³/mol. The van der Waals surface area contributed by atoms with Crippen LogP contribution in [0.3, 0.4) is 0 Å². The summed E-state index contributed by atoms with van der Waals surface area (Å²) in [4.78, 5) is 10.8. The molecule has 0 saturated heterocycles. The Labute approximate surface area is 144 Å². The van der Waals surface area contributed by atoms with Crippen LogP contribution in [0.25, 0.3) is 6.08 Å². The topological polar surface area (TPSA) is 61.5 Å². The van der Waals surface area contributed by atoms with Crippen molar-refractivity contribution in [3.63, 3.8) is 0 Å². The minimum absolute atomic E-state index is 0.0168. The largest absolute Gasteiger partial charge is 0.490 e. The number of halogens is 2. The fraction of sp³-hybridized carbons (Fsp3) is 0.167. The molecule has 0 saturated carbocycles. The van der Waals surface area contributed by atoms with Crippen molar-refractivity contribution >= 4 is 23.6 Å². The molecule has 0 aliphatic rings. The average Bonchev–Trinajstić information content (AvgIpc) is 2.54. The van der Waals surface area contributed by atoms with Gasteiger partial charge in [-0.15, -0.1) is 0 Å². The monoisotopic (exact) mass is 349 g/mol. The van der Waals surface area contributed by atoms with Crippen molar-refractivity contribution < 1.29 is 18.7 Å². The Morgan fingerprint density at radius 3 is 2.71 bits per heavy atom. The highest BCUT2D eigenvalue weighted by Crippen LogP contribution is 2.37. The van der Waals surface area contributed by atoms with E-state index in [9.17, 15) is 9.18 Å². The number of carbonyl (C=O) groups excluding carboxylic acids is 1. The molecule has 2 aromatic rings. The number of primary amides is 1. The van der Waals surface area contributed by atoms with Crippen LogP contribution in [-0.2, 0) is 11.4 Å². The zero-order valence-electron chi connectivity index (χ0n) is 13.1. The van der Waals surface area contributed by atoms with Gasteiger partial charge in [0.25, 0.3) is 0 Å². The van der Waals surface area contributed by atoms with Crippen molar-refractivity contribution in [2.45, 2.75) is 13.5 Å². The number of benzene rings is 2. The molecule has 1 amide bonds. The van der Waals surface area contributed by atoms with Crippen LogP contribution in [0.5, 0.6) is 11.5 Å². The van der Waals surface area contributed by atoms with Crippen molar-refractivity contribution in [2.75, 3.05) is 6.61 Å². The number of carbonyl (C=O) groups is 1. The molecule has 0 aliphatic carbocycles. The van der Waals surface area contributed by atoms with Gasteiger partial charge in [0.1, 0.15) is 12.4 Å². The molecule has 2 aromatic carbocycles. The maximum atomic E-state index is 13.7. The van der Waals surface area contributed by atoms with E-state index in [-0.39, 0.29) is 12.4 Å². The van der Waals surface area contributed by atoms with Crippen LogP contribution in [0, 0.1) is 5.82 Å².